The molecule has 2 heterocycles. The first-order chi connectivity index (χ1) is 10.4. The van der Waals surface area contributed by atoms with E-state index in [1.807, 2.05) is 10.9 Å². The molecule has 4 heteroatoms. The van der Waals surface area contributed by atoms with Gasteiger partial charge in [0.15, 0.2) is 0 Å². The van der Waals surface area contributed by atoms with E-state index in [1.54, 1.807) is 11.3 Å². The molecule has 2 aromatic heterocycles. The van der Waals surface area contributed by atoms with Crippen molar-refractivity contribution in [1.29, 1.82) is 0 Å². The molecule has 0 spiro atoms. The van der Waals surface area contributed by atoms with Crippen molar-refractivity contribution in [2.45, 2.75) is 26.1 Å². The van der Waals surface area contributed by atoms with Gasteiger partial charge in [-0.2, -0.15) is 5.10 Å². The van der Waals surface area contributed by atoms with Crippen molar-refractivity contribution in [2.75, 3.05) is 0 Å². The Balaban J connectivity index is 1.80. The summed E-state index contributed by atoms with van der Waals surface area (Å²) >= 11 is 1.79. The van der Waals surface area contributed by atoms with Crippen molar-refractivity contribution in [2.24, 2.45) is 0 Å². The van der Waals surface area contributed by atoms with E-state index in [1.165, 1.54) is 16.1 Å². The molecular weight excluding hydrogens is 278 g/mol. The van der Waals surface area contributed by atoms with Gasteiger partial charge in [0.05, 0.1) is 11.7 Å². The van der Waals surface area contributed by atoms with Crippen molar-refractivity contribution >= 4 is 11.3 Å². The highest BCUT2D eigenvalue weighted by atomic mass is 32.1. The van der Waals surface area contributed by atoms with E-state index < -0.39 is 0 Å². The van der Waals surface area contributed by atoms with E-state index in [4.69, 9.17) is 0 Å². The van der Waals surface area contributed by atoms with Crippen LogP contribution in [0.25, 0.3) is 0 Å². The summed E-state index contributed by atoms with van der Waals surface area (Å²) in [6.45, 7) is 3.83. The zero-order chi connectivity index (χ0) is 14.5. The van der Waals surface area contributed by atoms with Gasteiger partial charge in [0.25, 0.3) is 0 Å². The molecule has 108 valence electrons. The summed E-state index contributed by atoms with van der Waals surface area (Å²) < 4.78 is 2.03. The number of thiophene rings is 1. The lowest BCUT2D eigenvalue weighted by Crippen LogP contribution is -2.22. The topological polar surface area (TPSA) is 29.9 Å². The van der Waals surface area contributed by atoms with Gasteiger partial charge >= 0.3 is 0 Å². The molecule has 3 aromatic rings. The first kappa shape index (κ1) is 14.0. The Labute approximate surface area is 129 Å². The van der Waals surface area contributed by atoms with E-state index >= 15 is 0 Å². The Hall–Kier alpha value is -1.91. The molecule has 0 saturated carbocycles. The predicted octanol–water partition coefficient (Wildman–Crippen LogP) is 3.84. The summed E-state index contributed by atoms with van der Waals surface area (Å²) in [4.78, 5) is 1.34. The van der Waals surface area contributed by atoms with Crippen LogP contribution in [0.3, 0.4) is 0 Å². The van der Waals surface area contributed by atoms with Crippen molar-refractivity contribution in [3.63, 3.8) is 0 Å². The average Bonchev–Trinajstić information content (AvgIpc) is 3.20. The fourth-order valence-electron chi connectivity index (χ4n) is 2.49. The van der Waals surface area contributed by atoms with E-state index in [2.05, 4.69) is 71.3 Å². The normalized spacial score (nSPS) is 12.4. The maximum absolute atomic E-state index is 4.33. The second kappa shape index (κ2) is 6.70. The summed E-state index contributed by atoms with van der Waals surface area (Å²) in [6.07, 6.45) is 1.86. The number of aryl methyl sites for hydroxylation is 1. The zero-order valence-electron chi connectivity index (χ0n) is 12.1. The van der Waals surface area contributed by atoms with Gasteiger partial charge in [-0.3, -0.25) is 10.00 Å². The van der Waals surface area contributed by atoms with Crippen LogP contribution in [-0.4, -0.2) is 9.78 Å². The fourth-order valence-corrected chi connectivity index (χ4v) is 3.31. The SMILES string of the molecule is CCn1nccc1CNC(c1ccccc1)c1cccs1. The van der Waals surface area contributed by atoms with Crippen LogP contribution in [0.5, 0.6) is 0 Å². The van der Waals surface area contributed by atoms with Gasteiger partial charge in [0.1, 0.15) is 0 Å². The van der Waals surface area contributed by atoms with Gasteiger partial charge in [-0.15, -0.1) is 11.3 Å². The largest absolute Gasteiger partial charge is 0.300 e. The molecule has 0 bridgehead atoms. The molecule has 3 nitrogen and oxygen atoms in total. The van der Waals surface area contributed by atoms with Crippen LogP contribution >= 0.6 is 11.3 Å². The third kappa shape index (κ3) is 3.23. The lowest BCUT2D eigenvalue weighted by Gasteiger charge is -2.18. The number of hydrogen-bond donors (Lipinski definition) is 1. The third-order valence-corrected chi connectivity index (χ3v) is 4.49. The van der Waals surface area contributed by atoms with Crippen LogP contribution in [0.4, 0.5) is 0 Å². The van der Waals surface area contributed by atoms with Crippen molar-refractivity contribution < 1.29 is 0 Å². The molecule has 1 unspecified atom stereocenters. The van der Waals surface area contributed by atoms with Crippen molar-refractivity contribution in [3.8, 4) is 0 Å². The van der Waals surface area contributed by atoms with E-state index in [-0.39, 0.29) is 6.04 Å². The molecule has 1 atom stereocenters. The van der Waals surface area contributed by atoms with Crippen molar-refractivity contribution in [3.05, 3.63) is 76.2 Å². The van der Waals surface area contributed by atoms with Gasteiger partial charge in [-0.1, -0.05) is 36.4 Å². The highest BCUT2D eigenvalue weighted by Crippen LogP contribution is 2.26. The first-order valence-corrected chi connectivity index (χ1v) is 8.09. The average molecular weight is 297 g/mol. The minimum absolute atomic E-state index is 0.228. The minimum atomic E-state index is 0.228. The Bertz CT molecular complexity index is 658. The van der Waals surface area contributed by atoms with Crippen LogP contribution in [0.2, 0.25) is 0 Å². The third-order valence-electron chi connectivity index (χ3n) is 3.55. The molecule has 0 amide bonds. The summed E-state index contributed by atoms with van der Waals surface area (Å²) in [6, 6.07) is 17.2. The molecule has 1 aromatic carbocycles. The molecule has 3 rings (SSSR count). The smallest absolute Gasteiger partial charge is 0.0674 e. The van der Waals surface area contributed by atoms with Gasteiger partial charge in [-0.05, 0) is 30.0 Å². The lowest BCUT2D eigenvalue weighted by atomic mass is 10.1. The second-order valence-electron chi connectivity index (χ2n) is 4.88. The fraction of sp³-hybridized carbons (Fsp3) is 0.235. The zero-order valence-corrected chi connectivity index (χ0v) is 12.9. The van der Waals surface area contributed by atoms with E-state index in [9.17, 15) is 0 Å². The summed E-state index contributed by atoms with van der Waals surface area (Å²) in [7, 11) is 0. The molecule has 0 fully saturated rings. The molecule has 21 heavy (non-hydrogen) atoms. The van der Waals surface area contributed by atoms with Gasteiger partial charge in [0.2, 0.25) is 0 Å². The maximum atomic E-state index is 4.33. The molecule has 0 saturated heterocycles. The number of aromatic nitrogens is 2. The second-order valence-corrected chi connectivity index (χ2v) is 5.86. The molecule has 0 radical (unpaired) electrons. The maximum Gasteiger partial charge on any atom is 0.0674 e. The molecule has 0 aliphatic rings. The van der Waals surface area contributed by atoms with Gasteiger partial charge in [0, 0.05) is 24.2 Å². The standard InChI is InChI=1S/C17H19N3S/c1-2-20-15(10-11-19-20)13-18-17(16-9-6-12-21-16)14-7-4-3-5-8-14/h3-12,17-18H,2,13H2,1H3. The predicted molar refractivity (Wildman–Crippen MR) is 87.3 cm³/mol. The van der Waals surface area contributed by atoms with Crippen LogP contribution < -0.4 is 5.32 Å². The monoisotopic (exact) mass is 297 g/mol. The van der Waals surface area contributed by atoms with E-state index in [0.717, 1.165) is 13.1 Å². The minimum Gasteiger partial charge on any atom is -0.300 e. The Morgan fingerprint density at radius 1 is 1.14 bits per heavy atom. The summed E-state index contributed by atoms with van der Waals surface area (Å²) in [5.41, 5.74) is 2.51. The molecule has 0 aliphatic heterocycles. The Kier molecular flexibility index (Phi) is 4.48. The molecule has 1 N–H and O–H groups in total. The number of nitrogens with zero attached hydrogens (tertiary/aromatic N) is 2. The van der Waals surface area contributed by atoms with Crippen LogP contribution in [-0.2, 0) is 13.1 Å². The van der Waals surface area contributed by atoms with Crippen LogP contribution in [0.15, 0.2) is 60.1 Å². The molecule has 0 aliphatic carbocycles. The highest BCUT2D eigenvalue weighted by molar-refractivity contribution is 7.10. The number of nitrogens with one attached hydrogen (secondary N) is 1. The molecular formula is C17H19N3S. The van der Waals surface area contributed by atoms with Gasteiger partial charge < -0.3 is 0 Å². The number of benzene rings is 1. The number of hydrogen-bond acceptors (Lipinski definition) is 3. The first-order valence-electron chi connectivity index (χ1n) is 7.21. The van der Waals surface area contributed by atoms with Crippen LogP contribution in [0.1, 0.15) is 29.1 Å². The summed E-state index contributed by atoms with van der Waals surface area (Å²) in [5.74, 6) is 0. The lowest BCUT2D eigenvalue weighted by molar-refractivity contribution is 0.552. The van der Waals surface area contributed by atoms with E-state index in [0.29, 0.717) is 0 Å². The van der Waals surface area contributed by atoms with Crippen molar-refractivity contribution in [1.82, 2.24) is 15.1 Å². The quantitative estimate of drug-likeness (QED) is 0.749. The highest BCUT2D eigenvalue weighted by Gasteiger charge is 2.15. The Morgan fingerprint density at radius 2 is 2.00 bits per heavy atom. The van der Waals surface area contributed by atoms with Crippen LogP contribution in [0, 0.1) is 0 Å². The Morgan fingerprint density at radius 3 is 2.71 bits per heavy atom. The number of rotatable bonds is 6. The van der Waals surface area contributed by atoms with Gasteiger partial charge in [-0.25, -0.2) is 0 Å². The summed E-state index contributed by atoms with van der Waals surface area (Å²) in [5, 5.41) is 10.1.